The fourth-order valence-electron chi connectivity index (χ4n) is 1.64. The zero-order valence-corrected chi connectivity index (χ0v) is 11.3. The van der Waals surface area contributed by atoms with Crippen molar-refractivity contribution >= 4 is 41.1 Å². The summed E-state index contributed by atoms with van der Waals surface area (Å²) in [6, 6.07) is 2.45. The summed E-state index contributed by atoms with van der Waals surface area (Å²) in [6.07, 6.45) is 1.16. The van der Waals surface area contributed by atoms with Gasteiger partial charge in [0.15, 0.2) is 5.11 Å². The quantitative estimate of drug-likeness (QED) is 0.263. The molecule has 1 aliphatic heterocycles. The highest BCUT2D eigenvalue weighted by atomic mass is 32.1. The summed E-state index contributed by atoms with van der Waals surface area (Å²) >= 11 is 4.93. The first-order valence-electron chi connectivity index (χ1n) is 5.39. The van der Waals surface area contributed by atoms with Crippen LogP contribution >= 0.6 is 12.2 Å². The SMILES string of the molecule is CN1C(=O)C(=Cc2ccc([N+](=O)[O-])o2)C(=O)N(C)C1=S. The van der Waals surface area contributed by atoms with E-state index in [1.165, 1.54) is 20.2 Å². The Hall–Kier alpha value is -2.55. The molecule has 0 aliphatic carbocycles. The predicted octanol–water partition coefficient (Wildman–Crippen LogP) is 0.786. The molecule has 20 heavy (non-hydrogen) atoms. The van der Waals surface area contributed by atoms with Gasteiger partial charge in [-0.1, -0.05) is 0 Å². The molecule has 0 atom stereocenters. The third-order valence-electron chi connectivity index (χ3n) is 2.72. The lowest BCUT2D eigenvalue weighted by atomic mass is 10.1. The normalized spacial score (nSPS) is 15.9. The van der Waals surface area contributed by atoms with Crippen LogP contribution in [0, 0.1) is 10.1 Å². The second-order valence-corrected chi connectivity index (χ2v) is 4.37. The average molecular weight is 295 g/mol. The number of nitrogens with zero attached hydrogens (tertiary/aromatic N) is 3. The molecular weight excluding hydrogens is 286 g/mol. The van der Waals surface area contributed by atoms with Crippen molar-refractivity contribution < 1.29 is 18.9 Å². The molecule has 0 radical (unpaired) electrons. The number of carbonyl (C=O) groups excluding carboxylic acids is 2. The van der Waals surface area contributed by atoms with Crippen LogP contribution in [-0.2, 0) is 9.59 Å². The van der Waals surface area contributed by atoms with Crippen LogP contribution in [0.3, 0.4) is 0 Å². The Bertz CT molecular complexity index is 637. The van der Waals surface area contributed by atoms with Gasteiger partial charge in [0.05, 0.1) is 6.07 Å². The number of thiocarbonyl (C=S) groups is 1. The lowest BCUT2D eigenvalue weighted by Crippen LogP contribution is -2.52. The van der Waals surface area contributed by atoms with Gasteiger partial charge < -0.3 is 4.42 Å². The summed E-state index contributed by atoms with van der Waals surface area (Å²) < 4.78 is 4.89. The van der Waals surface area contributed by atoms with Gasteiger partial charge >= 0.3 is 5.88 Å². The Morgan fingerprint density at radius 3 is 2.25 bits per heavy atom. The molecular formula is C11H9N3O5S. The number of hydrogen-bond acceptors (Lipinski definition) is 6. The highest BCUT2D eigenvalue weighted by Gasteiger charge is 2.35. The molecule has 0 unspecified atom stereocenters. The third kappa shape index (κ3) is 2.18. The van der Waals surface area contributed by atoms with Crippen molar-refractivity contribution in [1.29, 1.82) is 0 Å². The van der Waals surface area contributed by atoms with Gasteiger partial charge in [0.25, 0.3) is 11.8 Å². The van der Waals surface area contributed by atoms with E-state index in [1.54, 1.807) is 0 Å². The van der Waals surface area contributed by atoms with Crippen molar-refractivity contribution in [3.05, 3.63) is 33.6 Å². The number of amides is 2. The summed E-state index contributed by atoms with van der Waals surface area (Å²) in [5.41, 5.74) is -0.173. The van der Waals surface area contributed by atoms with E-state index in [0.29, 0.717) is 0 Å². The first-order chi connectivity index (χ1) is 9.32. The number of likely N-dealkylation sites (N-methyl/N-ethyl adjacent to an activating group) is 2. The van der Waals surface area contributed by atoms with Crippen LogP contribution in [0.4, 0.5) is 5.88 Å². The van der Waals surface area contributed by atoms with E-state index in [-0.39, 0.29) is 16.4 Å². The molecule has 0 bridgehead atoms. The monoisotopic (exact) mass is 295 g/mol. The van der Waals surface area contributed by atoms with Crippen LogP contribution in [0.15, 0.2) is 22.1 Å². The molecule has 1 aromatic heterocycles. The highest BCUT2D eigenvalue weighted by molar-refractivity contribution is 7.80. The van der Waals surface area contributed by atoms with Crippen LogP contribution < -0.4 is 0 Å². The third-order valence-corrected chi connectivity index (χ3v) is 3.27. The van der Waals surface area contributed by atoms with Crippen molar-refractivity contribution in [3.8, 4) is 0 Å². The summed E-state index contributed by atoms with van der Waals surface area (Å²) in [6.45, 7) is 0. The average Bonchev–Trinajstić information content (AvgIpc) is 2.88. The molecule has 1 aromatic rings. The van der Waals surface area contributed by atoms with Crippen molar-refractivity contribution in [3.63, 3.8) is 0 Å². The van der Waals surface area contributed by atoms with Gasteiger partial charge in [0.2, 0.25) is 0 Å². The molecule has 0 N–H and O–H groups in total. The Balaban J connectivity index is 2.41. The van der Waals surface area contributed by atoms with E-state index in [2.05, 4.69) is 0 Å². The topological polar surface area (TPSA) is 96.9 Å². The second kappa shape index (κ2) is 4.85. The van der Waals surface area contributed by atoms with E-state index in [9.17, 15) is 19.7 Å². The summed E-state index contributed by atoms with van der Waals surface area (Å²) in [5, 5.41) is 10.6. The fraction of sp³-hybridized carbons (Fsp3) is 0.182. The number of hydrogen-bond donors (Lipinski definition) is 0. The molecule has 1 aliphatic rings. The highest BCUT2D eigenvalue weighted by Crippen LogP contribution is 2.21. The maximum atomic E-state index is 12.0. The Morgan fingerprint density at radius 2 is 1.80 bits per heavy atom. The van der Waals surface area contributed by atoms with Gasteiger partial charge in [-0.05, 0) is 24.4 Å². The molecule has 0 saturated carbocycles. The Labute approximate surface area is 118 Å². The number of nitro groups is 1. The predicted molar refractivity (Wildman–Crippen MR) is 71.5 cm³/mol. The Kier molecular flexibility index (Phi) is 3.36. The van der Waals surface area contributed by atoms with Gasteiger partial charge in [-0.25, -0.2) is 0 Å². The van der Waals surface area contributed by atoms with Crippen LogP contribution in [0.25, 0.3) is 6.08 Å². The minimum Gasteiger partial charge on any atom is -0.401 e. The van der Waals surface area contributed by atoms with Crippen molar-refractivity contribution in [2.75, 3.05) is 14.1 Å². The summed E-state index contributed by atoms with van der Waals surface area (Å²) in [7, 11) is 2.87. The molecule has 2 heterocycles. The molecule has 1 fully saturated rings. The molecule has 0 spiro atoms. The lowest BCUT2D eigenvalue weighted by Gasteiger charge is -2.31. The zero-order valence-electron chi connectivity index (χ0n) is 10.5. The van der Waals surface area contributed by atoms with Crippen LogP contribution in [0.1, 0.15) is 5.76 Å². The minimum absolute atomic E-state index is 0.0445. The standard InChI is InChI=1S/C11H9N3O5S/c1-12-9(15)7(10(16)13(2)11(12)20)5-6-3-4-8(19-6)14(17)18/h3-5H,1-2H3. The van der Waals surface area contributed by atoms with Crippen molar-refractivity contribution in [1.82, 2.24) is 9.80 Å². The fourth-order valence-corrected chi connectivity index (χ4v) is 1.80. The van der Waals surface area contributed by atoms with Gasteiger partial charge in [0, 0.05) is 14.1 Å². The lowest BCUT2D eigenvalue weighted by molar-refractivity contribution is -0.402. The van der Waals surface area contributed by atoms with Crippen LogP contribution in [0.5, 0.6) is 0 Å². The van der Waals surface area contributed by atoms with Crippen molar-refractivity contribution in [2.24, 2.45) is 0 Å². The smallest absolute Gasteiger partial charge is 0.401 e. The van der Waals surface area contributed by atoms with Gasteiger partial charge in [-0.15, -0.1) is 0 Å². The first-order valence-corrected chi connectivity index (χ1v) is 5.79. The molecule has 9 heteroatoms. The van der Waals surface area contributed by atoms with Gasteiger partial charge in [-0.3, -0.25) is 29.5 Å². The largest absolute Gasteiger partial charge is 0.433 e. The molecule has 8 nitrogen and oxygen atoms in total. The van der Waals surface area contributed by atoms with Gasteiger partial charge in [-0.2, -0.15) is 0 Å². The maximum absolute atomic E-state index is 12.0. The van der Waals surface area contributed by atoms with Crippen LogP contribution in [-0.4, -0.2) is 45.7 Å². The van der Waals surface area contributed by atoms with Gasteiger partial charge in [0.1, 0.15) is 16.3 Å². The van der Waals surface area contributed by atoms with E-state index >= 15 is 0 Å². The number of carbonyl (C=O) groups is 2. The molecule has 1 saturated heterocycles. The summed E-state index contributed by atoms with van der Waals surface area (Å²) in [5.74, 6) is -1.60. The van der Waals surface area contributed by atoms with E-state index in [0.717, 1.165) is 21.9 Å². The molecule has 0 aromatic carbocycles. The van der Waals surface area contributed by atoms with E-state index in [1.807, 2.05) is 0 Å². The first kappa shape index (κ1) is 13.9. The molecule has 2 amide bonds. The summed E-state index contributed by atoms with van der Waals surface area (Å²) in [4.78, 5) is 36.0. The minimum atomic E-state index is -0.708. The Morgan fingerprint density at radius 1 is 1.25 bits per heavy atom. The molecule has 2 rings (SSSR count). The van der Waals surface area contributed by atoms with E-state index in [4.69, 9.17) is 16.6 Å². The van der Waals surface area contributed by atoms with E-state index < -0.39 is 22.6 Å². The maximum Gasteiger partial charge on any atom is 0.433 e. The van der Waals surface area contributed by atoms with Crippen LogP contribution in [0.2, 0.25) is 0 Å². The second-order valence-electron chi connectivity index (χ2n) is 4.00. The molecule has 104 valence electrons. The number of furan rings is 1. The van der Waals surface area contributed by atoms with Crippen molar-refractivity contribution in [2.45, 2.75) is 0 Å². The zero-order chi connectivity index (χ0) is 15.0. The number of rotatable bonds is 2.